The molecule has 0 fully saturated rings. The van der Waals surface area contributed by atoms with Crippen LogP contribution in [0.15, 0.2) is 48.5 Å². The maximum absolute atomic E-state index is 5.85. The first kappa shape index (κ1) is 14.1. The van der Waals surface area contributed by atoms with Crippen molar-refractivity contribution in [1.29, 1.82) is 0 Å². The molecule has 2 N–H and O–H groups in total. The molecule has 3 rings (SSSR count). The van der Waals surface area contributed by atoms with E-state index in [2.05, 4.69) is 23.1 Å². The molecule has 21 heavy (non-hydrogen) atoms. The summed E-state index contributed by atoms with van der Waals surface area (Å²) in [6.45, 7) is 4.38. The van der Waals surface area contributed by atoms with Crippen LogP contribution in [0.1, 0.15) is 16.7 Å². The Morgan fingerprint density at radius 2 is 1.90 bits per heavy atom. The molecule has 0 amide bonds. The predicted octanol–water partition coefficient (Wildman–Crippen LogP) is 2.58. The minimum absolute atomic E-state index is 0.623. The highest BCUT2D eigenvalue weighted by Crippen LogP contribution is 2.22. The second-order valence-corrected chi connectivity index (χ2v) is 5.45. The molecular formula is C18H22N2O. The Morgan fingerprint density at radius 1 is 1.05 bits per heavy atom. The van der Waals surface area contributed by atoms with Crippen LogP contribution in [0.3, 0.4) is 0 Å². The Hall–Kier alpha value is -1.84. The van der Waals surface area contributed by atoms with E-state index in [1.807, 2.05) is 30.3 Å². The molecule has 1 heterocycles. The van der Waals surface area contributed by atoms with Gasteiger partial charge in [-0.3, -0.25) is 4.90 Å². The monoisotopic (exact) mass is 282 g/mol. The molecule has 1 aliphatic rings. The molecule has 3 nitrogen and oxygen atoms in total. The minimum atomic E-state index is 0.623. The average Bonchev–Trinajstić information content (AvgIpc) is 2.55. The van der Waals surface area contributed by atoms with E-state index in [0.29, 0.717) is 6.54 Å². The van der Waals surface area contributed by atoms with Gasteiger partial charge < -0.3 is 10.5 Å². The summed E-state index contributed by atoms with van der Waals surface area (Å²) < 4.78 is 5.79. The minimum Gasteiger partial charge on any atom is -0.492 e. The maximum Gasteiger partial charge on any atom is 0.119 e. The topological polar surface area (TPSA) is 38.5 Å². The van der Waals surface area contributed by atoms with E-state index in [4.69, 9.17) is 10.5 Å². The number of nitrogens with zero attached hydrogens (tertiary/aromatic N) is 1. The van der Waals surface area contributed by atoms with Crippen molar-refractivity contribution in [3.05, 3.63) is 65.2 Å². The van der Waals surface area contributed by atoms with Gasteiger partial charge in [0.05, 0.1) is 0 Å². The molecule has 0 spiro atoms. The number of hydrogen-bond donors (Lipinski definition) is 1. The molecule has 0 bridgehead atoms. The fourth-order valence-corrected chi connectivity index (χ4v) is 2.90. The van der Waals surface area contributed by atoms with Gasteiger partial charge in [0, 0.05) is 26.2 Å². The molecule has 110 valence electrons. The van der Waals surface area contributed by atoms with Gasteiger partial charge in [0.1, 0.15) is 12.4 Å². The molecule has 1 aliphatic heterocycles. The molecule has 2 aromatic rings. The van der Waals surface area contributed by atoms with E-state index in [0.717, 1.165) is 38.4 Å². The van der Waals surface area contributed by atoms with Crippen molar-refractivity contribution in [1.82, 2.24) is 4.90 Å². The van der Waals surface area contributed by atoms with E-state index >= 15 is 0 Å². The second kappa shape index (κ2) is 6.74. The molecule has 0 atom stereocenters. The van der Waals surface area contributed by atoms with Crippen molar-refractivity contribution >= 4 is 0 Å². The summed E-state index contributed by atoms with van der Waals surface area (Å²) in [5, 5.41) is 0. The summed E-state index contributed by atoms with van der Waals surface area (Å²) in [6.07, 6.45) is 1.11. The Morgan fingerprint density at radius 3 is 2.71 bits per heavy atom. The van der Waals surface area contributed by atoms with Gasteiger partial charge in [0.2, 0.25) is 0 Å². The van der Waals surface area contributed by atoms with Gasteiger partial charge in [-0.05, 0) is 35.2 Å². The number of benzene rings is 2. The van der Waals surface area contributed by atoms with Crippen molar-refractivity contribution in [2.45, 2.75) is 19.5 Å². The first-order chi connectivity index (χ1) is 10.4. The Balaban J connectivity index is 1.56. The number of ether oxygens (including phenoxy) is 1. The standard InChI is InChI=1S/C18H22N2O/c19-13-16-6-4-5-15-9-10-20(14-18(15)16)11-12-21-17-7-2-1-3-8-17/h1-8H,9-14,19H2. The zero-order chi connectivity index (χ0) is 14.5. The molecule has 2 aromatic carbocycles. The third-order valence-electron chi connectivity index (χ3n) is 4.09. The van der Waals surface area contributed by atoms with Gasteiger partial charge in [-0.2, -0.15) is 0 Å². The summed E-state index contributed by atoms with van der Waals surface area (Å²) >= 11 is 0. The fourth-order valence-electron chi connectivity index (χ4n) is 2.90. The SMILES string of the molecule is NCc1cccc2c1CN(CCOc1ccccc1)CC2. The molecule has 0 aliphatic carbocycles. The van der Waals surface area contributed by atoms with Crippen LogP contribution in [0.4, 0.5) is 0 Å². The lowest BCUT2D eigenvalue weighted by atomic mass is 9.95. The maximum atomic E-state index is 5.85. The van der Waals surface area contributed by atoms with Crippen molar-refractivity contribution < 1.29 is 4.74 Å². The molecule has 0 saturated heterocycles. The van der Waals surface area contributed by atoms with Gasteiger partial charge >= 0.3 is 0 Å². The first-order valence-corrected chi connectivity index (χ1v) is 7.57. The van der Waals surface area contributed by atoms with Crippen LogP contribution in [0.25, 0.3) is 0 Å². The largest absolute Gasteiger partial charge is 0.492 e. The van der Waals surface area contributed by atoms with Crippen molar-refractivity contribution in [2.24, 2.45) is 5.73 Å². The van der Waals surface area contributed by atoms with Gasteiger partial charge in [0.15, 0.2) is 0 Å². The van der Waals surface area contributed by atoms with Crippen molar-refractivity contribution in [3.63, 3.8) is 0 Å². The van der Waals surface area contributed by atoms with Crippen LogP contribution in [0.2, 0.25) is 0 Å². The summed E-state index contributed by atoms with van der Waals surface area (Å²) in [5.41, 5.74) is 10.0. The summed E-state index contributed by atoms with van der Waals surface area (Å²) in [7, 11) is 0. The lowest BCUT2D eigenvalue weighted by Crippen LogP contribution is -2.34. The zero-order valence-electron chi connectivity index (χ0n) is 12.3. The van der Waals surface area contributed by atoms with Crippen LogP contribution in [-0.2, 0) is 19.5 Å². The van der Waals surface area contributed by atoms with Crippen LogP contribution in [0, 0.1) is 0 Å². The second-order valence-electron chi connectivity index (χ2n) is 5.45. The third-order valence-corrected chi connectivity index (χ3v) is 4.09. The molecular weight excluding hydrogens is 260 g/mol. The van der Waals surface area contributed by atoms with Crippen molar-refractivity contribution in [3.8, 4) is 5.75 Å². The van der Waals surface area contributed by atoms with E-state index in [1.54, 1.807) is 0 Å². The summed E-state index contributed by atoms with van der Waals surface area (Å²) in [5.74, 6) is 0.942. The predicted molar refractivity (Wildman–Crippen MR) is 85.3 cm³/mol. The lowest BCUT2D eigenvalue weighted by Gasteiger charge is -2.30. The molecule has 0 radical (unpaired) electrons. The van der Waals surface area contributed by atoms with Crippen molar-refractivity contribution in [2.75, 3.05) is 19.7 Å². The highest BCUT2D eigenvalue weighted by Gasteiger charge is 2.18. The quantitative estimate of drug-likeness (QED) is 0.916. The smallest absolute Gasteiger partial charge is 0.119 e. The third kappa shape index (κ3) is 3.43. The average molecular weight is 282 g/mol. The van der Waals surface area contributed by atoms with Crippen LogP contribution < -0.4 is 10.5 Å². The number of fused-ring (bicyclic) bond motifs is 1. The normalized spacial score (nSPS) is 14.7. The van der Waals surface area contributed by atoms with E-state index in [-0.39, 0.29) is 0 Å². The van der Waals surface area contributed by atoms with Gasteiger partial charge in [-0.25, -0.2) is 0 Å². The first-order valence-electron chi connectivity index (χ1n) is 7.57. The van der Waals surface area contributed by atoms with Gasteiger partial charge in [-0.1, -0.05) is 36.4 Å². The van der Waals surface area contributed by atoms with E-state index in [9.17, 15) is 0 Å². The highest BCUT2D eigenvalue weighted by atomic mass is 16.5. The number of para-hydroxylation sites is 1. The highest BCUT2D eigenvalue weighted by molar-refractivity contribution is 5.36. The van der Waals surface area contributed by atoms with Gasteiger partial charge in [0.25, 0.3) is 0 Å². The van der Waals surface area contributed by atoms with Gasteiger partial charge in [-0.15, -0.1) is 0 Å². The molecule has 0 unspecified atom stereocenters. The Bertz CT molecular complexity index is 569. The van der Waals surface area contributed by atoms with Crippen LogP contribution in [0.5, 0.6) is 5.75 Å². The Kier molecular flexibility index (Phi) is 4.53. The fraction of sp³-hybridized carbons (Fsp3) is 0.333. The lowest BCUT2D eigenvalue weighted by molar-refractivity contribution is 0.196. The van der Waals surface area contributed by atoms with E-state index < -0.39 is 0 Å². The molecule has 0 aromatic heterocycles. The van der Waals surface area contributed by atoms with Crippen LogP contribution in [-0.4, -0.2) is 24.6 Å². The molecule has 0 saturated carbocycles. The number of hydrogen-bond acceptors (Lipinski definition) is 3. The Labute approximate surface area is 126 Å². The van der Waals surface area contributed by atoms with E-state index in [1.165, 1.54) is 16.7 Å². The number of nitrogens with two attached hydrogens (primary N) is 1. The summed E-state index contributed by atoms with van der Waals surface area (Å²) in [4.78, 5) is 2.45. The zero-order valence-corrected chi connectivity index (χ0v) is 12.3. The van der Waals surface area contributed by atoms with Crippen LogP contribution >= 0.6 is 0 Å². The molecule has 3 heteroatoms. The summed E-state index contributed by atoms with van der Waals surface area (Å²) in [6, 6.07) is 16.5. The number of rotatable bonds is 5.